The van der Waals surface area contributed by atoms with Crippen molar-refractivity contribution in [3.05, 3.63) is 95.1 Å². The zero-order valence-electron chi connectivity index (χ0n) is 21.4. The highest BCUT2D eigenvalue weighted by Gasteiger charge is 2.31. The fourth-order valence-corrected chi connectivity index (χ4v) is 4.38. The SMILES string of the molecule is CN(c1ccc(CC(=O)Cc2ccc(OC(F)(F)F)cc2)cc1)c1nc(Nc2cccc(NS(=O)O)c2)ncc1Cl. The van der Waals surface area contributed by atoms with Gasteiger partial charge in [0.1, 0.15) is 16.6 Å². The number of hydrogen-bond donors (Lipinski definition) is 3. The molecule has 1 unspecified atom stereocenters. The van der Waals surface area contributed by atoms with Crippen LogP contribution in [0.15, 0.2) is 79.0 Å². The molecule has 0 spiro atoms. The Bertz CT molecular complexity index is 1540. The average Bonchev–Trinajstić information content (AvgIpc) is 2.90. The maximum absolute atomic E-state index is 12.5. The van der Waals surface area contributed by atoms with Gasteiger partial charge in [-0.25, -0.2) is 9.19 Å². The molecular weight excluding hydrogens is 583 g/mol. The van der Waals surface area contributed by atoms with Crippen molar-refractivity contribution in [3.8, 4) is 5.75 Å². The van der Waals surface area contributed by atoms with Gasteiger partial charge in [0, 0.05) is 31.3 Å². The van der Waals surface area contributed by atoms with Gasteiger partial charge in [0.15, 0.2) is 5.82 Å². The summed E-state index contributed by atoms with van der Waals surface area (Å²) in [6.07, 6.45) is -3.12. The smallest absolute Gasteiger partial charge is 0.406 e. The van der Waals surface area contributed by atoms with Gasteiger partial charge in [-0.1, -0.05) is 41.9 Å². The van der Waals surface area contributed by atoms with Crippen LogP contribution in [0.25, 0.3) is 0 Å². The Hall–Kier alpha value is -4.20. The summed E-state index contributed by atoms with van der Waals surface area (Å²) in [4.78, 5) is 23.0. The highest BCUT2D eigenvalue weighted by molar-refractivity contribution is 7.80. The summed E-state index contributed by atoms with van der Waals surface area (Å²) in [7, 11) is 1.77. The molecule has 0 radical (unpaired) electrons. The van der Waals surface area contributed by atoms with Crippen molar-refractivity contribution in [1.82, 2.24) is 9.97 Å². The fourth-order valence-electron chi connectivity index (χ4n) is 3.83. The van der Waals surface area contributed by atoms with Crippen LogP contribution in [0.1, 0.15) is 11.1 Å². The van der Waals surface area contributed by atoms with Crippen LogP contribution in [-0.4, -0.2) is 37.9 Å². The predicted molar refractivity (Wildman–Crippen MR) is 151 cm³/mol. The van der Waals surface area contributed by atoms with Crippen molar-refractivity contribution in [2.75, 3.05) is 22.0 Å². The van der Waals surface area contributed by atoms with Crippen LogP contribution < -0.4 is 19.7 Å². The molecule has 0 saturated carbocycles. The Morgan fingerprint density at radius 3 is 2.24 bits per heavy atom. The fraction of sp³-hybridized carbons (Fsp3) is 0.148. The second kappa shape index (κ2) is 13.0. The number of halogens is 4. The van der Waals surface area contributed by atoms with Crippen LogP contribution >= 0.6 is 11.6 Å². The third-order valence-electron chi connectivity index (χ3n) is 5.65. The molecule has 1 aromatic heterocycles. The van der Waals surface area contributed by atoms with E-state index < -0.39 is 17.6 Å². The number of carbonyl (C=O) groups is 1. The first-order chi connectivity index (χ1) is 19.4. The molecule has 0 saturated heterocycles. The molecule has 1 heterocycles. The van der Waals surface area contributed by atoms with Crippen LogP contribution in [0.5, 0.6) is 5.75 Å². The molecule has 0 fully saturated rings. The number of rotatable bonds is 11. The predicted octanol–water partition coefficient (Wildman–Crippen LogP) is 6.44. The third-order valence-corrected chi connectivity index (χ3v) is 6.33. The van der Waals surface area contributed by atoms with Crippen LogP contribution in [0.3, 0.4) is 0 Å². The molecule has 4 rings (SSSR count). The van der Waals surface area contributed by atoms with E-state index in [2.05, 4.69) is 24.7 Å². The zero-order chi connectivity index (χ0) is 29.6. The average molecular weight is 606 g/mol. The lowest BCUT2D eigenvalue weighted by Crippen LogP contribution is -2.17. The van der Waals surface area contributed by atoms with E-state index in [1.807, 2.05) is 12.1 Å². The standard InChI is InChI=1S/C27H23ClF3N5O4S/c1-36(25-24(28)16-32-26(34-25)33-19-3-2-4-20(15-19)35-41(38)39)21-9-5-17(6-10-21)13-22(37)14-18-7-11-23(12-8-18)40-27(29,30)31/h2-12,15-16,35H,13-14H2,1H3,(H,38,39)(H,32,33,34). The molecule has 0 amide bonds. The molecule has 14 heteroatoms. The van der Waals surface area contributed by atoms with E-state index in [1.54, 1.807) is 48.3 Å². The Labute approximate surface area is 240 Å². The maximum atomic E-state index is 12.5. The normalized spacial score (nSPS) is 12.0. The number of hydrogen-bond acceptors (Lipinski definition) is 7. The van der Waals surface area contributed by atoms with Gasteiger partial charge in [-0.05, 0) is 53.6 Å². The number of carbonyl (C=O) groups excluding carboxylic acids is 1. The lowest BCUT2D eigenvalue weighted by molar-refractivity contribution is -0.274. The van der Waals surface area contributed by atoms with Crippen LogP contribution in [0, 0.1) is 0 Å². The number of Topliss-reactive ketones (excluding diaryl/α,β-unsaturated/α-hetero) is 1. The Balaban J connectivity index is 1.39. The van der Waals surface area contributed by atoms with Gasteiger partial charge < -0.3 is 15.0 Å². The summed E-state index contributed by atoms with van der Waals surface area (Å²) >= 11 is 4.16. The summed E-state index contributed by atoms with van der Waals surface area (Å²) in [5.41, 5.74) is 3.09. The van der Waals surface area contributed by atoms with E-state index >= 15 is 0 Å². The number of anilines is 5. The summed E-state index contributed by atoms with van der Waals surface area (Å²) in [6, 6.07) is 19.1. The number of nitrogens with zero attached hydrogens (tertiary/aromatic N) is 3. The Morgan fingerprint density at radius 2 is 1.63 bits per heavy atom. The first-order valence-electron chi connectivity index (χ1n) is 11.9. The van der Waals surface area contributed by atoms with Gasteiger partial charge in [-0.3, -0.25) is 14.1 Å². The number of benzene rings is 3. The summed E-state index contributed by atoms with van der Waals surface area (Å²) in [5, 5.41) is 3.33. The molecule has 0 bridgehead atoms. The largest absolute Gasteiger partial charge is 0.573 e. The molecule has 41 heavy (non-hydrogen) atoms. The van der Waals surface area contributed by atoms with Crippen molar-refractivity contribution in [3.63, 3.8) is 0 Å². The monoisotopic (exact) mass is 605 g/mol. The number of ether oxygens (including phenoxy) is 1. The molecule has 9 nitrogen and oxygen atoms in total. The second-order valence-corrected chi connectivity index (χ2v) is 9.84. The lowest BCUT2D eigenvalue weighted by Gasteiger charge is -2.20. The minimum Gasteiger partial charge on any atom is -0.406 e. The first kappa shape index (κ1) is 29.8. The molecule has 0 aliphatic carbocycles. The minimum absolute atomic E-state index is 0.0666. The highest BCUT2D eigenvalue weighted by Crippen LogP contribution is 2.30. The van der Waals surface area contributed by atoms with Crippen molar-refractivity contribution in [2.24, 2.45) is 0 Å². The van der Waals surface area contributed by atoms with Gasteiger partial charge in [0.05, 0.1) is 11.9 Å². The minimum atomic E-state index is -4.77. The van der Waals surface area contributed by atoms with Crippen LogP contribution in [0.4, 0.5) is 42.0 Å². The molecule has 214 valence electrons. The zero-order valence-corrected chi connectivity index (χ0v) is 22.9. The van der Waals surface area contributed by atoms with E-state index in [9.17, 15) is 22.2 Å². The molecule has 0 aliphatic heterocycles. The lowest BCUT2D eigenvalue weighted by atomic mass is 10.0. The van der Waals surface area contributed by atoms with Crippen molar-refractivity contribution >= 4 is 57.5 Å². The quantitative estimate of drug-likeness (QED) is 0.167. The van der Waals surface area contributed by atoms with Gasteiger partial charge >= 0.3 is 6.36 Å². The van der Waals surface area contributed by atoms with Gasteiger partial charge in [0.2, 0.25) is 5.95 Å². The molecule has 0 aliphatic rings. The first-order valence-corrected chi connectivity index (χ1v) is 13.4. The Kier molecular flexibility index (Phi) is 9.42. The van der Waals surface area contributed by atoms with E-state index in [-0.39, 0.29) is 30.3 Å². The summed E-state index contributed by atoms with van der Waals surface area (Å²) in [5.74, 6) is 0.216. The number of aromatic nitrogens is 2. The number of ketones is 1. The van der Waals surface area contributed by atoms with Crippen molar-refractivity contribution in [1.29, 1.82) is 0 Å². The highest BCUT2D eigenvalue weighted by atomic mass is 35.5. The number of alkyl halides is 3. The van der Waals surface area contributed by atoms with Crippen LogP contribution in [0.2, 0.25) is 5.02 Å². The van der Waals surface area contributed by atoms with Crippen molar-refractivity contribution < 1.29 is 31.5 Å². The molecular formula is C27H23ClF3N5O4S. The van der Waals surface area contributed by atoms with E-state index in [0.717, 1.165) is 11.3 Å². The summed E-state index contributed by atoms with van der Waals surface area (Å²) in [6.45, 7) is 0. The van der Waals surface area contributed by atoms with E-state index in [4.69, 9.17) is 16.2 Å². The van der Waals surface area contributed by atoms with Crippen molar-refractivity contribution in [2.45, 2.75) is 19.2 Å². The maximum Gasteiger partial charge on any atom is 0.573 e. The molecule has 3 N–H and O–H groups in total. The molecule has 4 aromatic rings. The third kappa shape index (κ3) is 8.90. The second-order valence-electron chi connectivity index (χ2n) is 8.73. The topological polar surface area (TPSA) is 117 Å². The molecule has 1 atom stereocenters. The van der Waals surface area contributed by atoms with E-state index in [0.29, 0.717) is 27.8 Å². The summed E-state index contributed by atoms with van der Waals surface area (Å²) < 4.78 is 63.2. The Morgan fingerprint density at radius 1 is 1.02 bits per heavy atom. The van der Waals surface area contributed by atoms with Gasteiger partial charge in [-0.2, -0.15) is 4.98 Å². The van der Waals surface area contributed by atoms with E-state index in [1.165, 1.54) is 30.5 Å². The van der Waals surface area contributed by atoms with Gasteiger partial charge in [-0.15, -0.1) is 13.2 Å². The van der Waals surface area contributed by atoms with Crippen LogP contribution in [-0.2, 0) is 28.9 Å². The molecule has 3 aromatic carbocycles. The number of nitrogens with one attached hydrogen (secondary N) is 2. The van der Waals surface area contributed by atoms with Gasteiger partial charge in [0.25, 0.3) is 11.3 Å².